The van der Waals surface area contributed by atoms with Crippen LogP contribution in [0, 0.1) is 17.8 Å². The topological polar surface area (TPSA) is 37.3 Å². The summed E-state index contributed by atoms with van der Waals surface area (Å²) >= 11 is 0. The van der Waals surface area contributed by atoms with Crippen molar-refractivity contribution in [1.29, 1.82) is 0 Å². The molecule has 0 saturated heterocycles. The van der Waals surface area contributed by atoms with Gasteiger partial charge < -0.3 is 5.11 Å². The summed E-state index contributed by atoms with van der Waals surface area (Å²) in [5, 5.41) is 9.11. The van der Waals surface area contributed by atoms with E-state index >= 15 is 0 Å². The standard InChI is InChI=1S/C15H24O2/c1-4-6-9-14-12(5-2)8-7-10-13(14)11(3)15(16)17/h5,12-14H,2-4,6-10H2,1H3,(H,16,17). The van der Waals surface area contributed by atoms with Crippen LogP contribution in [0.15, 0.2) is 24.8 Å². The van der Waals surface area contributed by atoms with Gasteiger partial charge in [0.2, 0.25) is 0 Å². The zero-order chi connectivity index (χ0) is 12.8. The second kappa shape index (κ2) is 6.63. The maximum Gasteiger partial charge on any atom is 0.331 e. The van der Waals surface area contributed by atoms with E-state index in [1.54, 1.807) is 0 Å². The third kappa shape index (κ3) is 3.45. The summed E-state index contributed by atoms with van der Waals surface area (Å²) in [6.45, 7) is 9.85. The van der Waals surface area contributed by atoms with Crippen LogP contribution < -0.4 is 0 Å². The van der Waals surface area contributed by atoms with Crippen LogP contribution >= 0.6 is 0 Å². The van der Waals surface area contributed by atoms with Gasteiger partial charge in [0.25, 0.3) is 0 Å². The van der Waals surface area contributed by atoms with Crippen molar-refractivity contribution in [2.75, 3.05) is 0 Å². The van der Waals surface area contributed by atoms with E-state index in [-0.39, 0.29) is 5.92 Å². The molecule has 0 aliphatic heterocycles. The highest BCUT2D eigenvalue weighted by Gasteiger charge is 2.34. The van der Waals surface area contributed by atoms with Crippen LogP contribution in [-0.4, -0.2) is 11.1 Å². The summed E-state index contributed by atoms with van der Waals surface area (Å²) in [6.07, 6.45) is 8.66. The van der Waals surface area contributed by atoms with E-state index in [4.69, 9.17) is 5.11 Å². The van der Waals surface area contributed by atoms with E-state index in [0.717, 1.165) is 32.1 Å². The van der Waals surface area contributed by atoms with Crippen LogP contribution in [0.25, 0.3) is 0 Å². The largest absolute Gasteiger partial charge is 0.478 e. The Hall–Kier alpha value is -1.05. The average molecular weight is 236 g/mol. The number of carbonyl (C=O) groups is 1. The molecule has 1 saturated carbocycles. The smallest absolute Gasteiger partial charge is 0.331 e. The van der Waals surface area contributed by atoms with Crippen molar-refractivity contribution >= 4 is 5.97 Å². The van der Waals surface area contributed by atoms with Crippen molar-refractivity contribution < 1.29 is 9.90 Å². The number of hydrogen-bond acceptors (Lipinski definition) is 1. The van der Waals surface area contributed by atoms with Gasteiger partial charge in [-0.15, -0.1) is 6.58 Å². The van der Waals surface area contributed by atoms with Crippen molar-refractivity contribution in [3.8, 4) is 0 Å². The fourth-order valence-corrected chi connectivity index (χ4v) is 3.04. The molecule has 2 heteroatoms. The predicted octanol–water partition coefficient (Wildman–Crippen LogP) is 4.04. The Kier molecular flexibility index (Phi) is 5.46. The highest BCUT2D eigenvalue weighted by atomic mass is 16.4. The zero-order valence-corrected chi connectivity index (χ0v) is 10.8. The highest BCUT2D eigenvalue weighted by Crippen LogP contribution is 2.41. The maximum atomic E-state index is 11.1. The Morgan fingerprint density at radius 1 is 1.47 bits per heavy atom. The third-order valence-electron chi connectivity index (χ3n) is 4.04. The van der Waals surface area contributed by atoms with E-state index in [1.165, 1.54) is 6.42 Å². The molecule has 2 nitrogen and oxygen atoms in total. The lowest BCUT2D eigenvalue weighted by Crippen LogP contribution is -2.30. The number of unbranched alkanes of at least 4 members (excludes halogenated alkanes) is 1. The van der Waals surface area contributed by atoms with Crippen LogP contribution in [0.5, 0.6) is 0 Å². The minimum absolute atomic E-state index is 0.149. The number of allylic oxidation sites excluding steroid dienone is 1. The molecule has 1 fully saturated rings. The summed E-state index contributed by atoms with van der Waals surface area (Å²) in [5.41, 5.74) is 0.401. The van der Waals surface area contributed by atoms with Crippen LogP contribution in [0.4, 0.5) is 0 Å². The lowest BCUT2D eigenvalue weighted by Gasteiger charge is -2.37. The van der Waals surface area contributed by atoms with Gasteiger partial charge in [-0.3, -0.25) is 0 Å². The van der Waals surface area contributed by atoms with E-state index in [0.29, 0.717) is 17.4 Å². The predicted molar refractivity (Wildman–Crippen MR) is 70.8 cm³/mol. The molecule has 1 aliphatic rings. The Morgan fingerprint density at radius 3 is 2.71 bits per heavy atom. The molecule has 3 unspecified atom stereocenters. The molecule has 0 aromatic carbocycles. The van der Waals surface area contributed by atoms with Gasteiger partial charge in [0.15, 0.2) is 0 Å². The monoisotopic (exact) mass is 236 g/mol. The molecule has 0 aromatic rings. The van der Waals surface area contributed by atoms with E-state index in [1.807, 2.05) is 6.08 Å². The van der Waals surface area contributed by atoms with Gasteiger partial charge in [0.05, 0.1) is 0 Å². The number of carboxylic acid groups (broad SMARTS) is 1. The first-order valence-corrected chi connectivity index (χ1v) is 6.66. The second-order valence-corrected chi connectivity index (χ2v) is 5.07. The molecule has 1 N–H and O–H groups in total. The third-order valence-corrected chi connectivity index (χ3v) is 4.04. The van der Waals surface area contributed by atoms with E-state index in [9.17, 15) is 4.79 Å². The van der Waals surface area contributed by atoms with Gasteiger partial charge in [-0.1, -0.05) is 38.8 Å². The summed E-state index contributed by atoms with van der Waals surface area (Å²) in [7, 11) is 0. The minimum Gasteiger partial charge on any atom is -0.478 e. The van der Waals surface area contributed by atoms with Gasteiger partial charge in [-0.2, -0.15) is 0 Å². The molecule has 1 aliphatic carbocycles. The normalized spacial score (nSPS) is 28.6. The molecular weight excluding hydrogens is 212 g/mol. The minimum atomic E-state index is -0.832. The van der Waals surface area contributed by atoms with Crippen LogP contribution in [0.2, 0.25) is 0 Å². The first kappa shape index (κ1) is 14.0. The molecule has 0 radical (unpaired) electrons. The van der Waals surface area contributed by atoms with Gasteiger partial charge in [-0.05, 0) is 37.0 Å². The second-order valence-electron chi connectivity index (χ2n) is 5.07. The number of aliphatic carboxylic acids is 1. The van der Waals surface area contributed by atoms with Gasteiger partial charge in [0.1, 0.15) is 0 Å². The summed E-state index contributed by atoms with van der Waals surface area (Å²) in [5.74, 6) is 0.221. The van der Waals surface area contributed by atoms with Crippen molar-refractivity contribution in [3.05, 3.63) is 24.8 Å². The molecular formula is C15H24O2. The first-order valence-electron chi connectivity index (χ1n) is 6.66. The molecule has 1 rings (SSSR count). The molecule has 3 atom stereocenters. The number of carboxylic acids is 1. The Labute approximate surface area is 104 Å². The van der Waals surface area contributed by atoms with Gasteiger partial charge in [-0.25, -0.2) is 4.79 Å². The average Bonchev–Trinajstić information content (AvgIpc) is 2.34. The van der Waals surface area contributed by atoms with E-state index in [2.05, 4.69) is 20.1 Å². The van der Waals surface area contributed by atoms with Crippen molar-refractivity contribution in [1.82, 2.24) is 0 Å². The Bertz CT molecular complexity index is 293. The fraction of sp³-hybridized carbons (Fsp3) is 0.667. The number of hydrogen-bond donors (Lipinski definition) is 1. The van der Waals surface area contributed by atoms with Crippen LogP contribution in [0.1, 0.15) is 45.4 Å². The zero-order valence-electron chi connectivity index (χ0n) is 10.8. The molecule has 17 heavy (non-hydrogen) atoms. The summed E-state index contributed by atoms with van der Waals surface area (Å²) in [6, 6.07) is 0. The quantitative estimate of drug-likeness (QED) is 0.558. The van der Waals surface area contributed by atoms with E-state index < -0.39 is 5.97 Å². The van der Waals surface area contributed by atoms with Gasteiger partial charge >= 0.3 is 5.97 Å². The molecule has 0 aromatic heterocycles. The summed E-state index contributed by atoms with van der Waals surface area (Å²) in [4.78, 5) is 11.1. The molecule has 0 spiro atoms. The Morgan fingerprint density at radius 2 is 2.18 bits per heavy atom. The van der Waals surface area contributed by atoms with Gasteiger partial charge in [0, 0.05) is 5.57 Å². The van der Waals surface area contributed by atoms with Crippen molar-refractivity contribution in [2.24, 2.45) is 17.8 Å². The first-order chi connectivity index (χ1) is 8.11. The Balaban J connectivity index is 2.79. The molecule has 96 valence electrons. The summed E-state index contributed by atoms with van der Waals surface area (Å²) < 4.78 is 0. The van der Waals surface area contributed by atoms with Crippen LogP contribution in [0.3, 0.4) is 0 Å². The SMILES string of the molecule is C=CC1CCCC(C(=C)C(=O)O)C1CCCC. The highest BCUT2D eigenvalue weighted by molar-refractivity contribution is 5.86. The molecule has 0 bridgehead atoms. The lowest BCUT2D eigenvalue weighted by atomic mass is 9.67. The molecule has 0 amide bonds. The molecule has 0 heterocycles. The lowest BCUT2D eigenvalue weighted by molar-refractivity contribution is -0.133. The van der Waals surface area contributed by atoms with Crippen molar-refractivity contribution in [2.45, 2.75) is 45.4 Å². The van der Waals surface area contributed by atoms with Crippen LogP contribution in [-0.2, 0) is 4.79 Å². The number of rotatable bonds is 6. The van der Waals surface area contributed by atoms with Crippen molar-refractivity contribution in [3.63, 3.8) is 0 Å². The maximum absolute atomic E-state index is 11.1. The fourth-order valence-electron chi connectivity index (χ4n) is 3.04.